The number of piperidine rings is 1. The summed E-state index contributed by atoms with van der Waals surface area (Å²) in [6, 6.07) is 18.0. The molecule has 2 saturated heterocycles. The number of anilines is 1. The van der Waals surface area contributed by atoms with Crippen LogP contribution in [0.25, 0.3) is 0 Å². The third-order valence-electron chi connectivity index (χ3n) is 7.17. The molecule has 3 N–H and O–H groups in total. The minimum atomic E-state index is 0.0978. The van der Waals surface area contributed by atoms with Crippen LogP contribution in [0, 0.1) is 5.92 Å². The number of ether oxygens (including phenoxy) is 1. The topological polar surface area (TPSA) is 53.8 Å². The number of likely N-dealkylation sites (tertiary alicyclic amines) is 1. The van der Waals surface area contributed by atoms with Gasteiger partial charge >= 0.3 is 0 Å². The number of nitrogens with two attached hydrogens (primary N) is 1. The van der Waals surface area contributed by atoms with Gasteiger partial charge in [-0.3, -0.25) is 4.90 Å². The monoisotopic (exact) mass is 406 g/mol. The molecule has 2 aliphatic heterocycles. The minimum absolute atomic E-state index is 0.0978. The molecule has 5 nitrogen and oxygen atoms in total. The molecule has 3 aliphatic rings. The number of fused-ring (bicyclic) bond motifs is 1. The standard InChI is InChI=1S/C25H34N4O/c26-18-19-9-13-29(14-10-19)24-17-20-3-1-2-4-23(20)25(24)30-22-7-5-21(6-8-22)28-15-11-27-12-16-28/h1-8,19,24-25,27H,9-18,26H2/t24-,25-/m1/s1. The zero-order chi connectivity index (χ0) is 20.3. The molecule has 30 heavy (non-hydrogen) atoms. The van der Waals surface area contributed by atoms with Gasteiger partial charge in [-0.25, -0.2) is 0 Å². The molecule has 0 aromatic heterocycles. The van der Waals surface area contributed by atoms with E-state index in [0.717, 1.165) is 58.0 Å². The van der Waals surface area contributed by atoms with Crippen LogP contribution in [-0.2, 0) is 6.42 Å². The number of benzene rings is 2. The largest absolute Gasteiger partial charge is 0.484 e. The summed E-state index contributed by atoms with van der Waals surface area (Å²) in [6.45, 7) is 7.32. The van der Waals surface area contributed by atoms with Crippen LogP contribution in [0.1, 0.15) is 30.1 Å². The first-order chi connectivity index (χ1) is 14.8. The molecule has 0 radical (unpaired) electrons. The van der Waals surface area contributed by atoms with Crippen LogP contribution in [0.5, 0.6) is 5.75 Å². The van der Waals surface area contributed by atoms with E-state index in [0.29, 0.717) is 12.0 Å². The Morgan fingerprint density at radius 3 is 2.40 bits per heavy atom. The van der Waals surface area contributed by atoms with Gasteiger partial charge in [0.15, 0.2) is 0 Å². The van der Waals surface area contributed by atoms with Crippen molar-refractivity contribution in [2.24, 2.45) is 11.7 Å². The highest BCUT2D eigenvalue weighted by atomic mass is 16.5. The van der Waals surface area contributed by atoms with Crippen molar-refractivity contribution in [1.29, 1.82) is 0 Å². The Hall–Kier alpha value is -2.08. The first kappa shape index (κ1) is 19.9. The van der Waals surface area contributed by atoms with Gasteiger partial charge in [-0.05, 0) is 80.2 Å². The van der Waals surface area contributed by atoms with Gasteiger partial charge in [-0.2, -0.15) is 0 Å². The van der Waals surface area contributed by atoms with Crippen molar-refractivity contribution >= 4 is 5.69 Å². The first-order valence-corrected chi connectivity index (χ1v) is 11.6. The zero-order valence-corrected chi connectivity index (χ0v) is 17.8. The molecule has 0 saturated carbocycles. The van der Waals surface area contributed by atoms with Gasteiger partial charge in [0.2, 0.25) is 0 Å². The fourth-order valence-corrected chi connectivity index (χ4v) is 5.33. The SMILES string of the molecule is NCC1CCN([C@@H]2Cc3ccccc3[C@H]2Oc2ccc(N3CCNCC3)cc2)CC1. The molecule has 2 fully saturated rings. The number of hydrogen-bond acceptors (Lipinski definition) is 5. The molecule has 5 heteroatoms. The predicted molar refractivity (Wildman–Crippen MR) is 122 cm³/mol. The summed E-state index contributed by atoms with van der Waals surface area (Å²) in [5.74, 6) is 1.65. The lowest BCUT2D eigenvalue weighted by Crippen LogP contribution is -2.45. The highest BCUT2D eigenvalue weighted by molar-refractivity contribution is 5.50. The third-order valence-corrected chi connectivity index (χ3v) is 7.17. The van der Waals surface area contributed by atoms with E-state index in [1.54, 1.807) is 0 Å². The Morgan fingerprint density at radius 2 is 1.67 bits per heavy atom. The quantitative estimate of drug-likeness (QED) is 0.800. The zero-order valence-electron chi connectivity index (χ0n) is 17.8. The summed E-state index contributed by atoms with van der Waals surface area (Å²) in [6.07, 6.45) is 3.58. The Morgan fingerprint density at radius 1 is 0.933 bits per heavy atom. The molecule has 0 amide bonds. The number of nitrogens with one attached hydrogen (secondary N) is 1. The highest BCUT2D eigenvalue weighted by Gasteiger charge is 2.39. The number of piperazine rings is 1. The van der Waals surface area contributed by atoms with E-state index in [4.69, 9.17) is 10.5 Å². The molecule has 0 spiro atoms. The normalized spacial score (nSPS) is 25.3. The summed E-state index contributed by atoms with van der Waals surface area (Å²) < 4.78 is 6.67. The van der Waals surface area contributed by atoms with Crippen LogP contribution in [-0.4, -0.2) is 56.8 Å². The molecule has 2 atom stereocenters. The molecular weight excluding hydrogens is 372 g/mol. The lowest BCUT2D eigenvalue weighted by Gasteiger charge is -2.38. The van der Waals surface area contributed by atoms with Crippen molar-refractivity contribution in [3.05, 3.63) is 59.7 Å². The van der Waals surface area contributed by atoms with E-state index >= 15 is 0 Å². The van der Waals surface area contributed by atoms with E-state index < -0.39 is 0 Å². The molecular formula is C25H34N4O. The summed E-state index contributed by atoms with van der Waals surface area (Å²) in [5, 5.41) is 3.42. The van der Waals surface area contributed by atoms with Gasteiger partial charge in [0.25, 0.3) is 0 Å². The summed E-state index contributed by atoms with van der Waals surface area (Å²) in [5.41, 5.74) is 10.00. The van der Waals surface area contributed by atoms with Crippen LogP contribution in [0.15, 0.2) is 48.5 Å². The van der Waals surface area contributed by atoms with E-state index in [9.17, 15) is 0 Å². The van der Waals surface area contributed by atoms with Crippen molar-refractivity contribution in [2.45, 2.75) is 31.4 Å². The average molecular weight is 407 g/mol. The van der Waals surface area contributed by atoms with Crippen LogP contribution in [0.2, 0.25) is 0 Å². The fourth-order valence-electron chi connectivity index (χ4n) is 5.33. The van der Waals surface area contributed by atoms with Crippen molar-refractivity contribution in [3.8, 4) is 5.75 Å². The van der Waals surface area contributed by atoms with Crippen LogP contribution >= 0.6 is 0 Å². The van der Waals surface area contributed by atoms with E-state index in [-0.39, 0.29) is 6.10 Å². The molecule has 5 rings (SSSR count). The maximum Gasteiger partial charge on any atom is 0.140 e. The van der Waals surface area contributed by atoms with Crippen molar-refractivity contribution < 1.29 is 4.74 Å². The van der Waals surface area contributed by atoms with Crippen LogP contribution in [0.3, 0.4) is 0 Å². The van der Waals surface area contributed by atoms with E-state index in [1.165, 1.54) is 29.7 Å². The molecule has 160 valence electrons. The maximum absolute atomic E-state index is 6.67. The Kier molecular flexibility index (Phi) is 5.93. The van der Waals surface area contributed by atoms with Gasteiger partial charge in [0.1, 0.15) is 11.9 Å². The molecule has 2 aromatic carbocycles. The lowest BCUT2D eigenvalue weighted by atomic mass is 9.95. The molecule has 0 bridgehead atoms. The molecule has 1 aliphatic carbocycles. The second-order valence-corrected chi connectivity index (χ2v) is 8.95. The molecule has 0 unspecified atom stereocenters. The third kappa shape index (κ3) is 4.07. The second-order valence-electron chi connectivity index (χ2n) is 8.95. The van der Waals surface area contributed by atoms with Crippen molar-refractivity contribution in [1.82, 2.24) is 10.2 Å². The Labute approximate surface area is 180 Å². The van der Waals surface area contributed by atoms with Gasteiger partial charge in [-0.15, -0.1) is 0 Å². The predicted octanol–water partition coefficient (Wildman–Crippen LogP) is 2.81. The van der Waals surface area contributed by atoms with E-state index in [2.05, 4.69) is 63.6 Å². The van der Waals surface area contributed by atoms with E-state index in [1.807, 2.05) is 0 Å². The van der Waals surface area contributed by atoms with Gasteiger partial charge in [-0.1, -0.05) is 24.3 Å². The number of rotatable bonds is 5. The van der Waals surface area contributed by atoms with Gasteiger partial charge in [0, 0.05) is 31.9 Å². The molecule has 2 aromatic rings. The number of nitrogens with zero attached hydrogens (tertiary/aromatic N) is 2. The smallest absolute Gasteiger partial charge is 0.140 e. The van der Waals surface area contributed by atoms with Crippen molar-refractivity contribution in [3.63, 3.8) is 0 Å². The Bertz CT molecular complexity index is 825. The molecule has 2 heterocycles. The van der Waals surface area contributed by atoms with Crippen LogP contribution in [0.4, 0.5) is 5.69 Å². The van der Waals surface area contributed by atoms with Crippen LogP contribution < -0.4 is 20.7 Å². The van der Waals surface area contributed by atoms with Gasteiger partial charge in [0.05, 0.1) is 6.04 Å². The second kappa shape index (κ2) is 8.96. The Balaban J connectivity index is 1.32. The summed E-state index contributed by atoms with van der Waals surface area (Å²) in [7, 11) is 0. The first-order valence-electron chi connectivity index (χ1n) is 11.6. The fraction of sp³-hybridized carbons (Fsp3) is 0.520. The number of hydrogen-bond donors (Lipinski definition) is 2. The lowest BCUT2D eigenvalue weighted by molar-refractivity contribution is 0.0538. The summed E-state index contributed by atoms with van der Waals surface area (Å²) >= 11 is 0. The maximum atomic E-state index is 6.67. The minimum Gasteiger partial charge on any atom is -0.484 e. The summed E-state index contributed by atoms with van der Waals surface area (Å²) in [4.78, 5) is 5.08. The van der Waals surface area contributed by atoms with Crippen molar-refractivity contribution in [2.75, 3.05) is 50.7 Å². The highest BCUT2D eigenvalue weighted by Crippen LogP contribution is 2.39. The van der Waals surface area contributed by atoms with Gasteiger partial charge < -0.3 is 20.7 Å². The average Bonchev–Trinajstić information content (AvgIpc) is 3.18.